The van der Waals surface area contributed by atoms with Gasteiger partial charge in [0, 0.05) is 13.2 Å². The molecular formula is C29H30N2O8S. The van der Waals surface area contributed by atoms with E-state index in [1.807, 2.05) is 0 Å². The first-order valence-corrected chi connectivity index (χ1v) is 14.6. The summed E-state index contributed by atoms with van der Waals surface area (Å²) in [6.45, 7) is 2.77. The number of carboxylic acids is 1. The Balaban J connectivity index is 1.29. The van der Waals surface area contributed by atoms with Crippen molar-refractivity contribution in [3.8, 4) is 11.5 Å². The number of carboxylic acid groups (broad SMARTS) is 1. The number of amides is 1. The molecule has 2 fully saturated rings. The number of aryl methyl sites for hydroxylation is 1. The van der Waals surface area contributed by atoms with Crippen LogP contribution in [0.15, 0.2) is 65.7 Å². The molecule has 0 spiro atoms. The molecule has 0 bridgehead atoms. The molecule has 1 amide bonds. The summed E-state index contributed by atoms with van der Waals surface area (Å²) < 4.78 is 42.6. The van der Waals surface area contributed by atoms with Crippen molar-refractivity contribution in [1.82, 2.24) is 4.98 Å². The van der Waals surface area contributed by atoms with E-state index in [1.54, 1.807) is 43.3 Å². The highest BCUT2D eigenvalue weighted by atomic mass is 32.2. The fourth-order valence-electron chi connectivity index (χ4n) is 4.48. The van der Waals surface area contributed by atoms with Crippen LogP contribution in [0.4, 0.5) is 5.82 Å². The van der Waals surface area contributed by atoms with Gasteiger partial charge in [-0.2, -0.15) is 0 Å². The van der Waals surface area contributed by atoms with E-state index in [9.17, 15) is 23.1 Å². The van der Waals surface area contributed by atoms with Gasteiger partial charge < -0.3 is 24.6 Å². The van der Waals surface area contributed by atoms with E-state index in [2.05, 4.69) is 10.3 Å². The van der Waals surface area contributed by atoms with Gasteiger partial charge in [-0.3, -0.25) is 4.79 Å². The molecule has 1 unspecified atom stereocenters. The number of pyridine rings is 1. The Hall–Kier alpha value is -3.80. The Bertz CT molecular complexity index is 1480. The molecular weight excluding hydrogens is 536 g/mol. The molecule has 1 aliphatic heterocycles. The van der Waals surface area contributed by atoms with Gasteiger partial charge in [-0.1, -0.05) is 12.1 Å². The first kappa shape index (κ1) is 27.8. The van der Waals surface area contributed by atoms with Crippen LogP contribution < -0.4 is 10.1 Å². The topological polar surface area (TPSA) is 141 Å². The lowest BCUT2D eigenvalue weighted by Crippen LogP contribution is -2.31. The summed E-state index contributed by atoms with van der Waals surface area (Å²) in [5.41, 5.74) is 1.30. The van der Waals surface area contributed by atoms with Crippen molar-refractivity contribution in [2.24, 2.45) is 0 Å². The Labute approximate surface area is 232 Å². The van der Waals surface area contributed by atoms with Crippen molar-refractivity contribution in [1.29, 1.82) is 0 Å². The van der Waals surface area contributed by atoms with Crippen molar-refractivity contribution in [2.45, 2.75) is 55.0 Å². The molecule has 2 N–H and O–H groups in total. The quantitative estimate of drug-likeness (QED) is 0.357. The number of carbonyl (C=O) groups is 2. The number of anilines is 1. The maximum absolute atomic E-state index is 13.4. The van der Waals surface area contributed by atoms with Gasteiger partial charge in [0.15, 0.2) is 15.9 Å². The van der Waals surface area contributed by atoms with E-state index in [4.69, 9.17) is 14.2 Å². The second-order valence-corrected chi connectivity index (χ2v) is 12.1. The number of aromatic nitrogens is 1. The number of benzene rings is 2. The number of aromatic carboxylic acids is 1. The maximum atomic E-state index is 13.4. The average Bonchev–Trinajstić information content (AvgIpc) is 3.80. The summed E-state index contributed by atoms with van der Waals surface area (Å²) in [7, 11) is -3.35. The zero-order chi connectivity index (χ0) is 28.3. The lowest BCUT2D eigenvalue weighted by atomic mass is 10.1. The largest absolute Gasteiger partial charge is 0.478 e. The van der Waals surface area contributed by atoms with E-state index >= 15 is 0 Å². The second-order valence-electron chi connectivity index (χ2n) is 9.89. The Kier molecular flexibility index (Phi) is 8.15. The van der Waals surface area contributed by atoms with Crippen molar-refractivity contribution >= 4 is 27.5 Å². The predicted molar refractivity (Wildman–Crippen MR) is 145 cm³/mol. The standard InChI is InChI=1S/C29H30N2O8S/c1-18-16-21(4-10-25(18)29(33)34)38-22-5-11-26(30-17-22)31-28(32)27(39-20-12-14-37-15-13-20)19-2-6-23(7-3-19)40(35,36)24-8-9-24/h2-7,10-11,16-17,20,24,27H,8-9,12-15H2,1H3,(H,33,34)(H,30,31,32). The lowest BCUT2D eigenvalue weighted by molar-refractivity contribution is -0.136. The molecule has 1 aliphatic carbocycles. The van der Waals surface area contributed by atoms with Crippen LogP contribution in [0.3, 0.4) is 0 Å². The molecule has 210 valence electrons. The third-order valence-electron chi connectivity index (χ3n) is 6.86. The van der Waals surface area contributed by atoms with Crippen LogP contribution in [-0.4, -0.2) is 55.0 Å². The maximum Gasteiger partial charge on any atom is 0.335 e. The van der Waals surface area contributed by atoms with Gasteiger partial charge >= 0.3 is 5.97 Å². The van der Waals surface area contributed by atoms with Crippen LogP contribution in [0, 0.1) is 6.92 Å². The van der Waals surface area contributed by atoms with Gasteiger partial charge in [0.25, 0.3) is 5.91 Å². The van der Waals surface area contributed by atoms with Gasteiger partial charge in [0.05, 0.1) is 28.0 Å². The van der Waals surface area contributed by atoms with Crippen molar-refractivity contribution in [3.05, 3.63) is 77.5 Å². The van der Waals surface area contributed by atoms with E-state index in [0.29, 0.717) is 61.5 Å². The minimum atomic E-state index is -3.35. The van der Waals surface area contributed by atoms with Crippen LogP contribution in [0.2, 0.25) is 0 Å². The molecule has 1 aromatic heterocycles. The van der Waals surface area contributed by atoms with Gasteiger partial charge in [-0.05, 0) is 86.2 Å². The fraction of sp³-hybridized carbons (Fsp3) is 0.345. The number of carbonyl (C=O) groups excluding carboxylic acids is 1. The minimum absolute atomic E-state index is 0.181. The number of nitrogens with zero attached hydrogens (tertiary/aromatic N) is 1. The van der Waals surface area contributed by atoms with Crippen LogP contribution in [0.1, 0.15) is 53.3 Å². The highest BCUT2D eigenvalue weighted by Crippen LogP contribution is 2.34. The van der Waals surface area contributed by atoms with Crippen LogP contribution >= 0.6 is 0 Å². The lowest BCUT2D eigenvalue weighted by Gasteiger charge is -2.27. The molecule has 10 nitrogen and oxygen atoms in total. The monoisotopic (exact) mass is 566 g/mol. The second kappa shape index (κ2) is 11.7. The van der Waals surface area contributed by atoms with Gasteiger partial charge in [-0.25, -0.2) is 18.2 Å². The zero-order valence-corrected chi connectivity index (χ0v) is 22.7. The van der Waals surface area contributed by atoms with Crippen LogP contribution in [-0.2, 0) is 24.1 Å². The first-order chi connectivity index (χ1) is 19.2. The number of hydrogen-bond donors (Lipinski definition) is 2. The summed E-state index contributed by atoms with van der Waals surface area (Å²) in [4.78, 5) is 29.1. The molecule has 1 saturated heterocycles. The molecule has 2 aromatic carbocycles. The third kappa shape index (κ3) is 6.49. The summed E-state index contributed by atoms with van der Waals surface area (Å²) >= 11 is 0. The molecule has 2 heterocycles. The van der Waals surface area contributed by atoms with Gasteiger partial charge in [0.2, 0.25) is 0 Å². The Morgan fingerprint density at radius 2 is 1.70 bits per heavy atom. The number of nitrogens with one attached hydrogen (secondary N) is 1. The SMILES string of the molecule is Cc1cc(Oc2ccc(NC(=O)C(OC3CCOCC3)c3ccc(S(=O)(=O)C4CC4)cc3)nc2)ccc1C(=O)O. The summed E-state index contributed by atoms with van der Waals surface area (Å²) in [6, 6.07) is 14.2. The first-order valence-electron chi connectivity index (χ1n) is 13.1. The third-order valence-corrected chi connectivity index (χ3v) is 9.14. The van der Waals surface area contributed by atoms with E-state index < -0.39 is 27.8 Å². The average molecular weight is 567 g/mol. The van der Waals surface area contributed by atoms with Crippen LogP contribution in [0.25, 0.3) is 0 Å². The van der Waals surface area contributed by atoms with Crippen molar-refractivity contribution in [3.63, 3.8) is 0 Å². The predicted octanol–water partition coefficient (Wildman–Crippen LogP) is 4.69. The number of hydrogen-bond acceptors (Lipinski definition) is 8. The smallest absolute Gasteiger partial charge is 0.335 e. The van der Waals surface area contributed by atoms with Crippen molar-refractivity contribution in [2.75, 3.05) is 18.5 Å². The molecule has 1 atom stereocenters. The summed E-state index contributed by atoms with van der Waals surface area (Å²) in [5, 5.41) is 11.7. The van der Waals surface area contributed by atoms with E-state index in [1.165, 1.54) is 24.4 Å². The fourth-order valence-corrected chi connectivity index (χ4v) is 6.14. The highest BCUT2D eigenvalue weighted by Gasteiger charge is 2.37. The normalized spacial score (nSPS) is 16.7. The van der Waals surface area contributed by atoms with Crippen molar-refractivity contribution < 1.29 is 37.3 Å². The number of rotatable bonds is 10. The van der Waals surface area contributed by atoms with Crippen LogP contribution in [0.5, 0.6) is 11.5 Å². The molecule has 5 rings (SSSR count). The Morgan fingerprint density at radius 3 is 2.30 bits per heavy atom. The highest BCUT2D eigenvalue weighted by molar-refractivity contribution is 7.92. The van der Waals surface area contributed by atoms with E-state index in [0.717, 1.165) is 0 Å². The minimum Gasteiger partial charge on any atom is -0.478 e. The van der Waals surface area contributed by atoms with Gasteiger partial charge in [-0.15, -0.1) is 0 Å². The Morgan fingerprint density at radius 1 is 1.00 bits per heavy atom. The summed E-state index contributed by atoms with van der Waals surface area (Å²) in [5.74, 6) is -0.307. The zero-order valence-electron chi connectivity index (χ0n) is 21.9. The van der Waals surface area contributed by atoms with E-state index in [-0.39, 0.29) is 27.6 Å². The molecule has 11 heteroatoms. The molecule has 3 aromatic rings. The molecule has 1 saturated carbocycles. The molecule has 40 heavy (non-hydrogen) atoms. The van der Waals surface area contributed by atoms with Gasteiger partial charge in [0.1, 0.15) is 17.3 Å². The number of sulfone groups is 1. The number of ether oxygens (including phenoxy) is 3. The summed E-state index contributed by atoms with van der Waals surface area (Å²) in [6.07, 6.45) is 2.94. The molecule has 2 aliphatic rings. The molecule has 0 radical (unpaired) electrons.